The van der Waals surface area contributed by atoms with Crippen LogP contribution in [0.5, 0.6) is 0 Å². The predicted octanol–water partition coefficient (Wildman–Crippen LogP) is 13.2. The second-order valence-electron chi connectivity index (χ2n) is 14.0. The molecule has 0 unspecified atom stereocenters. The Balaban J connectivity index is 1.03. The van der Waals surface area contributed by atoms with Crippen LogP contribution in [0.15, 0.2) is 173 Å². The van der Waals surface area contributed by atoms with Crippen LogP contribution in [-0.2, 0) is 0 Å². The summed E-state index contributed by atoms with van der Waals surface area (Å²) in [7, 11) is 0. The van der Waals surface area contributed by atoms with Crippen LogP contribution in [0.4, 0.5) is 0 Å². The van der Waals surface area contributed by atoms with Crippen molar-refractivity contribution in [2.45, 2.75) is 0 Å². The largest absolute Gasteiger partial charge is 0.456 e. The first-order chi connectivity index (χ1) is 28.2. The van der Waals surface area contributed by atoms with Crippen LogP contribution < -0.4 is 0 Å². The highest BCUT2D eigenvalue weighted by Gasteiger charge is 2.22. The molecule has 0 atom stereocenters. The number of rotatable bonds is 5. The Hall–Kier alpha value is -7.55. The molecule has 0 N–H and O–H groups in total. The van der Waals surface area contributed by atoms with E-state index in [9.17, 15) is 0 Å². The Labute approximate surface area is 328 Å². The molecule has 7 aromatic carbocycles. The van der Waals surface area contributed by atoms with Crippen molar-refractivity contribution in [1.29, 1.82) is 0 Å². The minimum absolute atomic E-state index is 0.560. The third-order valence-corrected chi connectivity index (χ3v) is 11.7. The first kappa shape index (κ1) is 31.8. The lowest BCUT2D eigenvalue weighted by Gasteiger charge is -2.09. The maximum absolute atomic E-state index is 6.60. The SMILES string of the molecule is c1ccc(-c2nc(-c3ccc4c(c3)oc3cccc(-c5nc(-c6ccccc6)c6oc7ccccc7c6n5)c34)nc(-c3ccc4sc5ccccc5c4c3)n2)cc1. The number of hydrogen-bond donors (Lipinski definition) is 0. The first-order valence-corrected chi connectivity index (χ1v) is 19.5. The van der Waals surface area contributed by atoms with Crippen molar-refractivity contribution in [3.05, 3.63) is 164 Å². The molecule has 0 amide bonds. The molecule has 0 aliphatic carbocycles. The Morgan fingerprint density at radius 3 is 1.84 bits per heavy atom. The molecule has 7 nitrogen and oxygen atoms in total. The van der Waals surface area contributed by atoms with Crippen LogP contribution in [0, 0.1) is 0 Å². The summed E-state index contributed by atoms with van der Waals surface area (Å²) in [6.07, 6.45) is 0. The van der Waals surface area contributed by atoms with Crippen LogP contribution in [0.1, 0.15) is 0 Å². The van der Waals surface area contributed by atoms with Gasteiger partial charge in [0.05, 0.1) is 0 Å². The first-order valence-electron chi connectivity index (χ1n) is 18.7. The molecule has 0 radical (unpaired) electrons. The maximum Gasteiger partial charge on any atom is 0.180 e. The highest BCUT2D eigenvalue weighted by Crippen LogP contribution is 2.41. The number of hydrogen-bond acceptors (Lipinski definition) is 8. The molecule has 0 bridgehead atoms. The van der Waals surface area contributed by atoms with Gasteiger partial charge in [-0.3, -0.25) is 0 Å². The Kier molecular flexibility index (Phi) is 6.96. The summed E-state index contributed by atoms with van der Waals surface area (Å²) in [5.41, 5.74) is 8.88. The fourth-order valence-corrected chi connectivity index (χ4v) is 8.96. The molecule has 8 heteroatoms. The van der Waals surface area contributed by atoms with E-state index >= 15 is 0 Å². The quantitative estimate of drug-likeness (QED) is 0.173. The van der Waals surface area contributed by atoms with E-state index in [0.29, 0.717) is 34.5 Å². The van der Waals surface area contributed by atoms with Crippen molar-refractivity contribution >= 4 is 75.5 Å². The third kappa shape index (κ3) is 5.15. The van der Waals surface area contributed by atoms with Crippen molar-refractivity contribution < 1.29 is 8.83 Å². The number of benzene rings is 7. The molecule has 57 heavy (non-hydrogen) atoms. The van der Waals surface area contributed by atoms with Gasteiger partial charge in [-0.1, -0.05) is 109 Å². The highest BCUT2D eigenvalue weighted by atomic mass is 32.1. The van der Waals surface area contributed by atoms with Crippen LogP contribution >= 0.6 is 11.3 Å². The number of nitrogens with zero attached hydrogens (tertiary/aromatic N) is 5. The molecule has 5 aromatic heterocycles. The molecule has 0 spiro atoms. The number of thiophene rings is 1. The minimum atomic E-state index is 0.560. The summed E-state index contributed by atoms with van der Waals surface area (Å²) >= 11 is 1.79. The van der Waals surface area contributed by atoms with Crippen molar-refractivity contribution in [2.75, 3.05) is 0 Å². The van der Waals surface area contributed by atoms with Gasteiger partial charge in [-0.05, 0) is 54.6 Å². The fourth-order valence-electron chi connectivity index (χ4n) is 7.87. The molecule has 0 aliphatic rings. The van der Waals surface area contributed by atoms with Crippen molar-refractivity contribution in [3.63, 3.8) is 0 Å². The van der Waals surface area contributed by atoms with Crippen LogP contribution in [0.2, 0.25) is 0 Å². The minimum Gasteiger partial charge on any atom is -0.456 e. The number of furan rings is 2. The zero-order valence-electron chi connectivity index (χ0n) is 30.0. The average Bonchev–Trinajstić information content (AvgIpc) is 3.97. The third-order valence-electron chi connectivity index (χ3n) is 10.6. The lowest BCUT2D eigenvalue weighted by molar-refractivity contribution is 0.667. The number of para-hydroxylation sites is 1. The fraction of sp³-hybridized carbons (Fsp3) is 0. The van der Waals surface area contributed by atoms with Gasteiger partial charge >= 0.3 is 0 Å². The maximum atomic E-state index is 6.60. The van der Waals surface area contributed by atoms with E-state index in [1.54, 1.807) is 11.3 Å². The van der Waals surface area contributed by atoms with Crippen LogP contribution in [0.3, 0.4) is 0 Å². The van der Waals surface area contributed by atoms with Crippen molar-refractivity contribution in [2.24, 2.45) is 0 Å². The normalized spacial score (nSPS) is 11.9. The second-order valence-corrected chi connectivity index (χ2v) is 15.1. The molecule has 0 saturated carbocycles. The van der Waals surface area contributed by atoms with Gasteiger partial charge in [0.15, 0.2) is 28.9 Å². The molecule has 0 fully saturated rings. The Morgan fingerprint density at radius 1 is 0.368 bits per heavy atom. The van der Waals surface area contributed by atoms with E-state index in [2.05, 4.69) is 60.7 Å². The number of aromatic nitrogens is 5. The van der Waals surface area contributed by atoms with E-state index in [4.69, 9.17) is 33.8 Å². The van der Waals surface area contributed by atoms with E-state index < -0.39 is 0 Å². The Morgan fingerprint density at radius 2 is 1.02 bits per heavy atom. The van der Waals surface area contributed by atoms with Gasteiger partial charge in [0.2, 0.25) is 0 Å². The highest BCUT2D eigenvalue weighted by molar-refractivity contribution is 7.25. The molecule has 266 valence electrons. The van der Waals surface area contributed by atoms with Gasteiger partial charge in [-0.25, -0.2) is 24.9 Å². The van der Waals surface area contributed by atoms with E-state index in [1.165, 1.54) is 20.2 Å². The van der Waals surface area contributed by atoms with Gasteiger partial charge in [-0.2, -0.15) is 0 Å². The van der Waals surface area contributed by atoms with Crippen molar-refractivity contribution in [3.8, 4) is 56.8 Å². The lowest BCUT2D eigenvalue weighted by Crippen LogP contribution is -2.00. The summed E-state index contributed by atoms with van der Waals surface area (Å²) in [6, 6.07) is 55.3. The molecular formula is C49H27N5O2S. The lowest BCUT2D eigenvalue weighted by atomic mass is 10.0. The summed E-state index contributed by atoms with van der Waals surface area (Å²) < 4.78 is 15.5. The standard InChI is InChI=1S/C49H27N5O2S/c1-3-12-28(13-4-1)43-45-44(34-17-7-9-19-37(34)56-45)51-49(50-43)35-18-11-20-38-42(35)33-24-22-31(27-39(33)55-38)48-53-46(29-14-5-2-6-15-29)52-47(54-48)30-23-25-41-36(26-30)32-16-8-10-21-40(32)57-41/h1-27H. The van der Waals surface area contributed by atoms with Gasteiger partial charge in [0, 0.05) is 64.1 Å². The predicted molar refractivity (Wildman–Crippen MR) is 230 cm³/mol. The summed E-state index contributed by atoms with van der Waals surface area (Å²) in [5.74, 6) is 2.36. The summed E-state index contributed by atoms with van der Waals surface area (Å²) in [5, 5.41) is 5.24. The summed E-state index contributed by atoms with van der Waals surface area (Å²) in [4.78, 5) is 25.5. The molecule has 5 heterocycles. The van der Waals surface area contributed by atoms with E-state index in [1.807, 2.05) is 103 Å². The Bertz CT molecular complexity index is 3540. The van der Waals surface area contributed by atoms with Crippen LogP contribution in [0.25, 0.3) is 121 Å². The van der Waals surface area contributed by atoms with Gasteiger partial charge < -0.3 is 8.83 Å². The molecular weight excluding hydrogens is 723 g/mol. The molecule has 12 rings (SSSR count). The van der Waals surface area contributed by atoms with Crippen LogP contribution in [-0.4, -0.2) is 24.9 Å². The second kappa shape index (κ2) is 12.5. The van der Waals surface area contributed by atoms with E-state index in [-0.39, 0.29) is 0 Å². The summed E-state index contributed by atoms with van der Waals surface area (Å²) in [6.45, 7) is 0. The van der Waals surface area contributed by atoms with Gasteiger partial charge in [-0.15, -0.1) is 11.3 Å². The zero-order chi connectivity index (χ0) is 37.5. The monoisotopic (exact) mass is 749 g/mol. The number of fused-ring (bicyclic) bond motifs is 9. The van der Waals surface area contributed by atoms with Gasteiger partial charge in [0.1, 0.15) is 28.0 Å². The smallest absolute Gasteiger partial charge is 0.180 e. The molecule has 0 saturated heterocycles. The molecule has 0 aliphatic heterocycles. The average molecular weight is 750 g/mol. The zero-order valence-corrected chi connectivity index (χ0v) is 30.9. The van der Waals surface area contributed by atoms with E-state index in [0.717, 1.165) is 66.4 Å². The van der Waals surface area contributed by atoms with Crippen molar-refractivity contribution in [1.82, 2.24) is 24.9 Å². The van der Waals surface area contributed by atoms with Gasteiger partial charge in [0.25, 0.3) is 0 Å². The topological polar surface area (TPSA) is 90.7 Å². The molecule has 12 aromatic rings.